The minimum atomic E-state index is -0.398. The molecule has 0 amide bonds. The second-order valence-corrected chi connectivity index (χ2v) is 7.15. The van der Waals surface area contributed by atoms with E-state index in [1.165, 1.54) is 6.54 Å². The van der Waals surface area contributed by atoms with Crippen LogP contribution in [0.15, 0.2) is 0 Å². The van der Waals surface area contributed by atoms with Crippen LogP contribution in [0, 0.1) is 17.2 Å². The first-order valence-electron chi connectivity index (χ1n) is 8.53. The smallest absolute Gasteiger partial charge is 0.105 e. The van der Waals surface area contributed by atoms with Crippen LogP contribution in [0.2, 0.25) is 0 Å². The van der Waals surface area contributed by atoms with Gasteiger partial charge in [0.1, 0.15) is 5.54 Å². The molecule has 122 valence electrons. The largest absolute Gasteiger partial charge is 0.301 e. The van der Waals surface area contributed by atoms with Gasteiger partial charge in [-0.05, 0) is 39.2 Å². The van der Waals surface area contributed by atoms with Crippen molar-refractivity contribution in [2.45, 2.75) is 59.0 Å². The summed E-state index contributed by atoms with van der Waals surface area (Å²) in [5.41, 5.74) is -0.398. The van der Waals surface area contributed by atoms with Crippen LogP contribution in [0.3, 0.4) is 0 Å². The zero-order valence-corrected chi connectivity index (χ0v) is 14.7. The molecule has 2 atom stereocenters. The summed E-state index contributed by atoms with van der Waals surface area (Å²) in [4.78, 5) is 5.10. The third kappa shape index (κ3) is 6.34. The van der Waals surface area contributed by atoms with Gasteiger partial charge in [-0.1, -0.05) is 20.8 Å². The zero-order valence-electron chi connectivity index (χ0n) is 14.7. The summed E-state index contributed by atoms with van der Waals surface area (Å²) in [6.45, 7) is 17.7. The molecule has 0 bridgehead atoms. The first kappa shape index (κ1) is 18.4. The van der Waals surface area contributed by atoms with E-state index in [2.05, 4.69) is 48.9 Å². The second kappa shape index (κ2) is 8.73. The molecule has 0 radical (unpaired) electrons. The Bertz CT molecular complexity index is 328. The first-order valence-corrected chi connectivity index (χ1v) is 8.53. The predicted molar refractivity (Wildman–Crippen MR) is 89.2 cm³/mol. The fourth-order valence-corrected chi connectivity index (χ4v) is 3.18. The Morgan fingerprint density at radius 1 is 1.19 bits per heavy atom. The average molecular weight is 294 g/mol. The van der Waals surface area contributed by atoms with Crippen LogP contribution >= 0.6 is 0 Å². The maximum atomic E-state index is 9.46. The quantitative estimate of drug-likeness (QED) is 0.746. The van der Waals surface area contributed by atoms with E-state index in [1.54, 1.807) is 0 Å². The van der Waals surface area contributed by atoms with E-state index in [9.17, 15) is 5.26 Å². The van der Waals surface area contributed by atoms with Gasteiger partial charge in [-0.15, -0.1) is 0 Å². The number of nitriles is 1. The highest BCUT2D eigenvalue weighted by Crippen LogP contribution is 2.18. The normalized spacial score (nSPS) is 22.0. The number of hydrogen-bond acceptors (Lipinski definition) is 4. The highest BCUT2D eigenvalue weighted by molar-refractivity contribution is 5.05. The molecule has 0 spiro atoms. The number of piperazine rings is 1. The van der Waals surface area contributed by atoms with Crippen molar-refractivity contribution in [3.63, 3.8) is 0 Å². The van der Waals surface area contributed by atoms with Crippen molar-refractivity contribution < 1.29 is 0 Å². The molecule has 1 aliphatic heterocycles. The van der Waals surface area contributed by atoms with E-state index in [0.717, 1.165) is 51.5 Å². The summed E-state index contributed by atoms with van der Waals surface area (Å²) in [7, 11) is 0. The molecule has 1 heterocycles. The van der Waals surface area contributed by atoms with Gasteiger partial charge in [0.2, 0.25) is 0 Å². The van der Waals surface area contributed by atoms with Gasteiger partial charge < -0.3 is 4.90 Å². The Kier molecular flexibility index (Phi) is 7.65. The van der Waals surface area contributed by atoms with Crippen molar-refractivity contribution in [2.24, 2.45) is 5.92 Å². The van der Waals surface area contributed by atoms with E-state index in [0.29, 0.717) is 6.04 Å². The Hall–Kier alpha value is -0.630. The van der Waals surface area contributed by atoms with E-state index in [4.69, 9.17) is 0 Å². The van der Waals surface area contributed by atoms with Crippen molar-refractivity contribution in [1.82, 2.24) is 15.1 Å². The molecule has 0 aromatic heterocycles. The lowest BCUT2D eigenvalue weighted by Gasteiger charge is -2.40. The standard InChI is InChI=1S/C17H34N4/c1-6-7-19-17(5,14-18)12-16(4)21-10-8-20(9-11-21)13-15(2)3/h15-16,19H,6-13H2,1-5H3. The molecule has 4 nitrogen and oxygen atoms in total. The highest BCUT2D eigenvalue weighted by Gasteiger charge is 2.29. The SMILES string of the molecule is CCCNC(C)(C#N)CC(C)N1CCN(CC(C)C)CC1. The van der Waals surface area contributed by atoms with Crippen LogP contribution in [0.4, 0.5) is 0 Å². The molecule has 0 aliphatic carbocycles. The van der Waals surface area contributed by atoms with E-state index in [1.807, 2.05) is 6.92 Å². The Morgan fingerprint density at radius 2 is 1.81 bits per heavy atom. The fourth-order valence-electron chi connectivity index (χ4n) is 3.18. The molecule has 21 heavy (non-hydrogen) atoms. The van der Waals surface area contributed by atoms with Gasteiger partial charge in [-0.2, -0.15) is 5.26 Å². The fraction of sp³-hybridized carbons (Fsp3) is 0.941. The molecule has 0 aromatic rings. The minimum absolute atomic E-state index is 0.398. The van der Waals surface area contributed by atoms with E-state index in [-0.39, 0.29) is 0 Å². The third-order valence-electron chi connectivity index (χ3n) is 4.37. The van der Waals surface area contributed by atoms with Crippen LogP contribution in [0.25, 0.3) is 0 Å². The number of nitrogens with one attached hydrogen (secondary N) is 1. The Morgan fingerprint density at radius 3 is 2.29 bits per heavy atom. The monoisotopic (exact) mass is 294 g/mol. The van der Waals surface area contributed by atoms with Crippen molar-refractivity contribution in [3.05, 3.63) is 0 Å². The van der Waals surface area contributed by atoms with Crippen LogP contribution in [0.5, 0.6) is 0 Å². The van der Waals surface area contributed by atoms with Crippen LogP contribution in [-0.2, 0) is 0 Å². The van der Waals surface area contributed by atoms with Gasteiger partial charge in [-0.3, -0.25) is 10.2 Å². The molecule has 0 saturated carbocycles. The molecule has 1 fully saturated rings. The van der Waals surface area contributed by atoms with Gasteiger partial charge in [0.05, 0.1) is 6.07 Å². The molecule has 1 rings (SSSR count). The van der Waals surface area contributed by atoms with Gasteiger partial charge in [0, 0.05) is 38.8 Å². The molecular formula is C17H34N4. The van der Waals surface area contributed by atoms with Crippen LogP contribution < -0.4 is 5.32 Å². The van der Waals surface area contributed by atoms with Crippen molar-refractivity contribution in [1.29, 1.82) is 5.26 Å². The van der Waals surface area contributed by atoms with Gasteiger partial charge in [0.15, 0.2) is 0 Å². The molecule has 2 unspecified atom stereocenters. The topological polar surface area (TPSA) is 42.3 Å². The third-order valence-corrected chi connectivity index (χ3v) is 4.37. The first-order chi connectivity index (χ1) is 9.90. The molecule has 0 aromatic carbocycles. The summed E-state index contributed by atoms with van der Waals surface area (Å²) in [5, 5.41) is 12.9. The molecule has 1 saturated heterocycles. The minimum Gasteiger partial charge on any atom is -0.301 e. The summed E-state index contributed by atoms with van der Waals surface area (Å²) in [6, 6.07) is 2.93. The highest BCUT2D eigenvalue weighted by atomic mass is 15.3. The summed E-state index contributed by atoms with van der Waals surface area (Å²) in [5.74, 6) is 0.745. The predicted octanol–water partition coefficient (Wildman–Crippen LogP) is 2.32. The maximum absolute atomic E-state index is 9.46. The summed E-state index contributed by atoms with van der Waals surface area (Å²) in [6.07, 6.45) is 1.97. The van der Waals surface area contributed by atoms with Crippen LogP contribution in [0.1, 0.15) is 47.5 Å². The van der Waals surface area contributed by atoms with E-state index < -0.39 is 5.54 Å². The molecule has 1 N–H and O–H groups in total. The van der Waals surface area contributed by atoms with E-state index >= 15 is 0 Å². The molecule has 4 heteroatoms. The summed E-state index contributed by atoms with van der Waals surface area (Å²) < 4.78 is 0. The average Bonchev–Trinajstić information content (AvgIpc) is 2.45. The van der Waals surface area contributed by atoms with Crippen molar-refractivity contribution in [2.75, 3.05) is 39.3 Å². The maximum Gasteiger partial charge on any atom is 0.105 e. The molecule has 1 aliphatic rings. The second-order valence-electron chi connectivity index (χ2n) is 7.15. The zero-order chi connectivity index (χ0) is 15.9. The van der Waals surface area contributed by atoms with Crippen LogP contribution in [-0.4, -0.2) is 60.6 Å². The van der Waals surface area contributed by atoms with Gasteiger partial charge >= 0.3 is 0 Å². The molecular weight excluding hydrogens is 260 g/mol. The number of nitrogens with zero attached hydrogens (tertiary/aromatic N) is 3. The Labute approximate surface area is 131 Å². The summed E-state index contributed by atoms with van der Waals surface area (Å²) >= 11 is 0. The Balaban J connectivity index is 2.42. The number of rotatable bonds is 8. The van der Waals surface area contributed by atoms with Crippen molar-refractivity contribution >= 4 is 0 Å². The van der Waals surface area contributed by atoms with Gasteiger partial charge in [-0.25, -0.2) is 0 Å². The van der Waals surface area contributed by atoms with Crippen molar-refractivity contribution in [3.8, 4) is 6.07 Å². The lowest BCUT2D eigenvalue weighted by Crippen LogP contribution is -2.53. The van der Waals surface area contributed by atoms with Gasteiger partial charge in [0.25, 0.3) is 0 Å². The number of hydrogen-bond donors (Lipinski definition) is 1. The lowest BCUT2D eigenvalue weighted by atomic mass is 9.94. The lowest BCUT2D eigenvalue weighted by molar-refractivity contribution is 0.0843.